The Bertz CT molecular complexity index is 1370. The Labute approximate surface area is 226 Å². The first-order valence-electron chi connectivity index (χ1n) is 12.3. The molecule has 5 aromatic carbocycles. The molecule has 0 fully saturated rings. The van der Waals surface area contributed by atoms with Crippen molar-refractivity contribution in [3.8, 4) is 5.75 Å². The number of ketones is 1. The molecule has 0 amide bonds. The van der Waals surface area contributed by atoms with Crippen molar-refractivity contribution in [3.63, 3.8) is 0 Å². The molecule has 0 saturated heterocycles. The molecule has 0 bridgehead atoms. The second-order valence-electron chi connectivity index (χ2n) is 9.03. The fourth-order valence-electron chi connectivity index (χ4n) is 4.88. The molecule has 2 nitrogen and oxygen atoms in total. The third kappa shape index (κ3) is 4.90. The van der Waals surface area contributed by atoms with E-state index in [1.165, 1.54) is 15.9 Å². The van der Waals surface area contributed by atoms with E-state index in [1.54, 1.807) is 0 Å². The Morgan fingerprint density at radius 2 is 0.973 bits per heavy atom. The minimum atomic E-state index is -3.19. The number of benzene rings is 5. The standard InChI is InChI=1S/C33H28BrO2P/c34-37(29-18-7-2-8-19-29,30-20-9-3-10-21-30,31-22-11-4-12-23-31)26-28-17-13-14-24-33(28)36-25-32(35)27-15-5-1-6-16-27/h1-24H,25-26H2. The van der Waals surface area contributed by atoms with Gasteiger partial charge in [-0.15, -0.1) is 0 Å². The Kier molecular flexibility index (Phi) is 7.37. The van der Waals surface area contributed by atoms with Gasteiger partial charge in [-0.3, -0.25) is 0 Å². The molecule has 5 rings (SSSR count). The predicted octanol–water partition coefficient (Wildman–Crippen LogP) is 7.29. The normalized spacial score (nSPS) is 12.3. The van der Waals surface area contributed by atoms with E-state index in [9.17, 15) is 4.79 Å². The van der Waals surface area contributed by atoms with Gasteiger partial charge in [0, 0.05) is 0 Å². The number of halogens is 1. The zero-order chi connectivity index (χ0) is 25.6. The monoisotopic (exact) mass is 566 g/mol. The quantitative estimate of drug-likeness (QED) is 0.138. The number of hydrogen-bond donors (Lipinski definition) is 0. The van der Waals surface area contributed by atoms with E-state index in [4.69, 9.17) is 4.74 Å². The van der Waals surface area contributed by atoms with Crippen molar-refractivity contribution in [1.29, 1.82) is 0 Å². The van der Waals surface area contributed by atoms with Gasteiger partial charge in [0.15, 0.2) is 0 Å². The van der Waals surface area contributed by atoms with Gasteiger partial charge in [0.25, 0.3) is 0 Å². The minimum absolute atomic E-state index is 0.0126. The molecule has 0 radical (unpaired) electrons. The molecule has 4 heteroatoms. The SMILES string of the molecule is O=C(COc1ccccc1CP(Br)(c1ccccc1)(c1ccccc1)c1ccccc1)c1ccccc1. The van der Waals surface area contributed by atoms with E-state index in [-0.39, 0.29) is 12.4 Å². The number of Topliss-reactive ketones (excluding diaryl/α,β-unsaturated/α-hetero) is 1. The van der Waals surface area contributed by atoms with E-state index in [2.05, 4.69) is 113 Å². The molecule has 0 heterocycles. The summed E-state index contributed by atoms with van der Waals surface area (Å²) >= 11 is 4.51. The first-order valence-corrected chi connectivity index (χ1v) is 16.7. The van der Waals surface area contributed by atoms with Gasteiger partial charge in [-0.05, 0) is 0 Å². The average molecular weight is 567 g/mol. The fourth-order valence-corrected chi connectivity index (χ4v) is 12.5. The van der Waals surface area contributed by atoms with Gasteiger partial charge in [0.1, 0.15) is 0 Å². The third-order valence-electron chi connectivity index (χ3n) is 6.78. The van der Waals surface area contributed by atoms with Crippen LogP contribution in [0.15, 0.2) is 146 Å². The van der Waals surface area contributed by atoms with Crippen molar-refractivity contribution >= 4 is 42.5 Å². The van der Waals surface area contributed by atoms with Gasteiger partial charge in [-0.25, -0.2) is 0 Å². The number of para-hydroxylation sites is 1. The average Bonchev–Trinajstić information content (AvgIpc) is 2.98. The summed E-state index contributed by atoms with van der Waals surface area (Å²) < 4.78 is 6.20. The van der Waals surface area contributed by atoms with Crippen molar-refractivity contribution in [2.24, 2.45) is 0 Å². The topological polar surface area (TPSA) is 26.3 Å². The number of ether oxygens (including phenoxy) is 1. The molecule has 5 aromatic rings. The van der Waals surface area contributed by atoms with Crippen molar-refractivity contribution in [2.75, 3.05) is 6.61 Å². The van der Waals surface area contributed by atoms with Gasteiger partial charge in [-0.2, -0.15) is 0 Å². The summed E-state index contributed by atoms with van der Waals surface area (Å²) in [4.78, 5) is 12.8. The molecule has 0 atom stereocenters. The molecular formula is C33H28BrO2P. The summed E-state index contributed by atoms with van der Waals surface area (Å²) in [7, 11) is 0. The number of carbonyl (C=O) groups is 1. The maximum absolute atomic E-state index is 12.8. The van der Waals surface area contributed by atoms with Gasteiger partial charge >= 0.3 is 227 Å². The molecule has 0 N–H and O–H groups in total. The zero-order valence-electron chi connectivity index (χ0n) is 20.4. The summed E-state index contributed by atoms with van der Waals surface area (Å²) in [6.45, 7) is -0.0126. The van der Waals surface area contributed by atoms with Crippen LogP contribution in [0.25, 0.3) is 0 Å². The van der Waals surface area contributed by atoms with Crippen LogP contribution in [-0.4, -0.2) is 12.4 Å². The van der Waals surface area contributed by atoms with E-state index < -0.39 is 5.31 Å². The van der Waals surface area contributed by atoms with Crippen molar-refractivity contribution < 1.29 is 9.53 Å². The molecule has 184 valence electrons. The fraction of sp³-hybridized carbons (Fsp3) is 0.0606. The van der Waals surface area contributed by atoms with E-state index in [0.29, 0.717) is 11.7 Å². The van der Waals surface area contributed by atoms with Crippen LogP contribution in [0.5, 0.6) is 5.75 Å². The second kappa shape index (κ2) is 10.8. The molecular weight excluding hydrogens is 539 g/mol. The number of rotatable bonds is 9. The van der Waals surface area contributed by atoms with Gasteiger partial charge < -0.3 is 0 Å². The molecule has 0 unspecified atom stereocenters. The molecule has 37 heavy (non-hydrogen) atoms. The van der Waals surface area contributed by atoms with Crippen molar-refractivity contribution in [3.05, 3.63) is 157 Å². The predicted molar refractivity (Wildman–Crippen MR) is 160 cm³/mol. The Morgan fingerprint density at radius 1 is 0.568 bits per heavy atom. The van der Waals surface area contributed by atoms with Crippen LogP contribution in [-0.2, 0) is 6.16 Å². The second-order valence-corrected chi connectivity index (χ2v) is 18.0. The molecule has 0 aliphatic heterocycles. The Hall–Kier alpha value is -3.52. The van der Waals surface area contributed by atoms with Crippen LogP contribution in [0.1, 0.15) is 15.9 Å². The Morgan fingerprint density at radius 3 is 1.46 bits per heavy atom. The summed E-state index contributed by atoms with van der Waals surface area (Å²) in [5.41, 5.74) is 1.70. The van der Waals surface area contributed by atoms with Gasteiger partial charge in [0.2, 0.25) is 0 Å². The molecule has 0 aliphatic rings. The maximum atomic E-state index is 12.8. The zero-order valence-corrected chi connectivity index (χ0v) is 22.9. The van der Waals surface area contributed by atoms with Gasteiger partial charge in [-0.1, -0.05) is 0 Å². The van der Waals surface area contributed by atoms with Crippen LogP contribution < -0.4 is 20.7 Å². The van der Waals surface area contributed by atoms with Crippen LogP contribution in [0.4, 0.5) is 0 Å². The number of carbonyl (C=O) groups excluding carboxylic acids is 1. The van der Waals surface area contributed by atoms with E-state index >= 15 is 0 Å². The Balaban J connectivity index is 1.63. The summed E-state index contributed by atoms with van der Waals surface area (Å²) in [6, 6.07) is 49.4. The molecule has 0 saturated carbocycles. The molecule has 0 aliphatic carbocycles. The van der Waals surface area contributed by atoms with Crippen LogP contribution >= 0.6 is 20.8 Å². The van der Waals surface area contributed by atoms with Crippen LogP contribution in [0.2, 0.25) is 0 Å². The number of hydrogen-bond acceptors (Lipinski definition) is 2. The van der Waals surface area contributed by atoms with Crippen LogP contribution in [0.3, 0.4) is 0 Å². The molecule has 0 aromatic heterocycles. The van der Waals surface area contributed by atoms with E-state index in [0.717, 1.165) is 11.3 Å². The van der Waals surface area contributed by atoms with Crippen molar-refractivity contribution in [2.45, 2.75) is 6.16 Å². The third-order valence-corrected chi connectivity index (χ3v) is 16.3. The van der Waals surface area contributed by atoms with E-state index in [1.807, 2.05) is 48.5 Å². The summed E-state index contributed by atoms with van der Waals surface area (Å²) in [5.74, 6) is 0.684. The van der Waals surface area contributed by atoms with Crippen molar-refractivity contribution in [1.82, 2.24) is 0 Å². The summed E-state index contributed by atoms with van der Waals surface area (Å²) in [6.07, 6.45) is 0.694. The molecule has 0 spiro atoms. The summed E-state index contributed by atoms with van der Waals surface area (Å²) in [5, 5.41) is 0.520. The first-order chi connectivity index (χ1) is 18.1. The van der Waals surface area contributed by atoms with Gasteiger partial charge in [0.05, 0.1) is 0 Å². The first kappa shape index (κ1) is 25.1. The van der Waals surface area contributed by atoms with Crippen LogP contribution in [0, 0.1) is 0 Å².